The molecule has 0 saturated heterocycles. The molecule has 1 heterocycles. The average Bonchev–Trinajstić information content (AvgIpc) is 2.74. The number of carboxylic acid groups (broad SMARTS) is 1. The molecule has 0 aromatic heterocycles. The van der Waals surface area contributed by atoms with E-state index in [4.69, 9.17) is 33.4 Å². The van der Waals surface area contributed by atoms with Crippen molar-refractivity contribution in [2.45, 2.75) is 26.7 Å². The van der Waals surface area contributed by atoms with Crippen molar-refractivity contribution in [3.63, 3.8) is 0 Å². The number of carboxylic acids is 1. The Hall–Kier alpha value is -3.22. The monoisotopic (exact) mass is 471 g/mol. The van der Waals surface area contributed by atoms with E-state index < -0.39 is 5.97 Å². The van der Waals surface area contributed by atoms with Crippen LogP contribution in [0, 0.1) is 0 Å². The van der Waals surface area contributed by atoms with Crippen molar-refractivity contribution in [2.24, 2.45) is 0 Å². The van der Waals surface area contributed by atoms with Gasteiger partial charge in [0.25, 0.3) is 0 Å². The standard InChI is InChI=1S/C24H19Cl2NO5/c1-3-10-5-12-18(8-16(10)28)32-19-9-17(29)11(4-2)6-13(19)20(12)14-7-15(25)23(27)22(26)21(14)24(30)31/h5-9,28H,3-4,27H2,1-2H3,(H,30,31). The number of carbonyl (C=O) groups is 1. The summed E-state index contributed by atoms with van der Waals surface area (Å²) in [6.07, 6.45) is 1.02. The number of aromatic hydroxyl groups is 1. The van der Waals surface area contributed by atoms with Gasteiger partial charge in [-0.05, 0) is 36.6 Å². The van der Waals surface area contributed by atoms with Crippen molar-refractivity contribution in [3.05, 3.63) is 67.3 Å². The highest BCUT2D eigenvalue weighted by Gasteiger charge is 2.27. The second-order valence-electron chi connectivity index (χ2n) is 7.43. The number of aryl methyl sites for hydroxylation is 2. The Kier molecular flexibility index (Phi) is 5.53. The number of phenolic OH excluding ortho intramolecular Hbond substituents is 1. The molecule has 2 aliphatic rings. The lowest BCUT2D eigenvalue weighted by Crippen LogP contribution is -2.09. The summed E-state index contributed by atoms with van der Waals surface area (Å²) in [6, 6.07) is 7.70. The summed E-state index contributed by atoms with van der Waals surface area (Å²) in [6.45, 7) is 3.74. The largest absolute Gasteiger partial charge is 0.508 e. The highest BCUT2D eigenvalue weighted by atomic mass is 35.5. The van der Waals surface area contributed by atoms with E-state index in [0.717, 1.165) is 0 Å². The average molecular weight is 472 g/mol. The molecule has 8 heteroatoms. The van der Waals surface area contributed by atoms with Crippen molar-refractivity contribution in [1.82, 2.24) is 0 Å². The summed E-state index contributed by atoms with van der Waals surface area (Å²) >= 11 is 12.6. The third-order valence-corrected chi connectivity index (χ3v) is 6.31. The van der Waals surface area contributed by atoms with Gasteiger partial charge in [-0.2, -0.15) is 0 Å². The Morgan fingerprint density at radius 1 is 1.03 bits per heavy atom. The van der Waals surface area contributed by atoms with Crippen LogP contribution in [0.25, 0.3) is 33.4 Å². The fraction of sp³-hybridized carbons (Fsp3) is 0.167. The molecule has 1 aliphatic carbocycles. The third kappa shape index (κ3) is 3.36. The molecule has 0 unspecified atom stereocenters. The number of nitrogens with two attached hydrogens (primary N) is 1. The Bertz CT molecular complexity index is 1440. The summed E-state index contributed by atoms with van der Waals surface area (Å²) in [5.74, 6) is -0.992. The molecular weight excluding hydrogens is 453 g/mol. The van der Waals surface area contributed by atoms with Crippen LogP contribution in [0.4, 0.5) is 5.69 Å². The zero-order valence-electron chi connectivity index (χ0n) is 17.3. The molecular formula is C24H19Cl2NO5. The first-order valence-corrected chi connectivity index (χ1v) is 10.7. The van der Waals surface area contributed by atoms with Gasteiger partial charge in [-0.25, -0.2) is 4.79 Å². The number of fused-ring (bicyclic) bond motifs is 2. The van der Waals surface area contributed by atoms with Gasteiger partial charge in [-0.15, -0.1) is 0 Å². The molecule has 0 fully saturated rings. The van der Waals surface area contributed by atoms with Crippen molar-refractivity contribution in [1.29, 1.82) is 0 Å². The number of hydrogen-bond acceptors (Lipinski definition) is 5. The topological polar surface area (TPSA) is 114 Å². The van der Waals surface area contributed by atoms with Gasteiger partial charge >= 0.3 is 5.97 Å². The normalized spacial score (nSPS) is 11.4. The molecule has 2 aromatic rings. The van der Waals surface area contributed by atoms with E-state index >= 15 is 0 Å². The lowest BCUT2D eigenvalue weighted by Gasteiger charge is -2.20. The number of anilines is 1. The lowest BCUT2D eigenvalue weighted by molar-refractivity contribution is 0.0698. The van der Waals surface area contributed by atoms with Crippen LogP contribution in [0.1, 0.15) is 35.3 Å². The maximum absolute atomic E-state index is 12.5. The van der Waals surface area contributed by atoms with Crippen LogP contribution in [-0.2, 0) is 12.8 Å². The first kappa shape index (κ1) is 22.0. The fourth-order valence-corrected chi connectivity index (χ4v) is 4.47. The molecule has 0 radical (unpaired) electrons. The van der Waals surface area contributed by atoms with E-state index in [-0.39, 0.29) is 49.4 Å². The van der Waals surface area contributed by atoms with Gasteiger partial charge in [0.15, 0.2) is 5.43 Å². The van der Waals surface area contributed by atoms with Crippen LogP contribution in [0.2, 0.25) is 10.0 Å². The molecule has 0 atom stereocenters. The zero-order valence-corrected chi connectivity index (χ0v) is 18.8. The van der Waals surface area contributed by atoms with E-state index in [0.29, 0.717) is 40.5 Å². The Balaban J connectivity index is 2.31. The molecule has 2 aromatic carbocycles. The molecule has 0 amide bonds. The van der Waals surface area contributed by atoms with Crippen molar-refractivity contribution in [2.75, 3.05) is 5.73 Å². The van der Waals surface area contributed by atoms with Crippen LogP contribution in [0.3, 0.4) is 0 Å². The summed E-state index contributed by atoms with van der Waals surface area (Å²) in [7, 11) is 0. The van der Waals surface area contributed by atoms with Crippen LogP contribution >= 0.6 is 23.2 Å². The minimum absolute atomic E-state index is 0.0355. The number of nitrogen functional groups attached to an aromatic ring is 1. The predicted octanol–water partition coefficient (Wildman–Crippen LogP) is 5.98. The summed E-state index contributed by atoms with van der Waals surface area (Å²) in [5, 5.41) is 20.8. The first-order valence-electron chi connectivity index (χ1n) is 9.94. The molecule has 6 nitrogen and oxygen atoms in total. The SMILES string of the molecule is CCc1cc2c(-c3cc(Cl)c(N)c(Cl)c3C(=O)O)c3cc(CC)c(=O)cc-3oc2cc1O. The highest BCUT2D eigenvalue weighted by molar-refractivity contribution is 6.41. The Morgan fingerprint density at radius 3 is 2.34 bits per heavy atom. The molecule has 1 aliphatic heterocycles. The van der Waals surface area contributed by atoms with Crippen molar-refractivity contribution >= 4 is 45.8 Å². The molecule has 0 saturated carbocycles. The molecule has 4 N–H and O–H groups in total. The van der Waals surface area contributed by atoms with E-state index in [2.05, 4.69) is 0 Å². The molecule has 0 spiro atoms. The van der Waals surface area contributed by atoms with Gasteiger partial charge in [0, 0.05) is 39.8 Å². The summed E-state index contributed by atoms with van der Waals surface area (Å²) in [5.41, 5.74) is 8.18. The predicted molar refractivity (Wildman–Crippen MR) is 126 cm³/mol. The number of aromatic carboxylic acids is 1. The van der Waals surface area contributed by atoms with E-state index in [1.165, 1.54) is 18.2 Å². The Morgan fingerprint density at radius 2 is 1.72 bits per heavy atom. The number of rotatable bonds is 4. The molecule has 32 heavy (non-hydrogen) atoms. The quantitative estimate of drug-likeness (QED) is 0.249. The van der Waals surface area contributed by atoms with Gasteiger partial charge in [0.2, 0.25) is 0 Å². The van der Waals surface area contributed by atoms with Crippen molar-refractivity contribution in [3.8, 4) is 28.2 Å². The summed E-state index contributed by atoms with van der Waals surface area (Å²) in [4.78, 5) is 24.7. The number of phenols is 1. The van der Waals surface area contributed by atoms with E-state index in [1.807, 2.05) is 13.8 Å². The number of hydrogen-bond donors (Lipinski definition) is 3. The highest BCUT2D eigenvalue weighted by Crippen LogP contribution is 2.46. The van der Waals surface area contributed by atoms with E-state index in [9.17, 15) is 19.8 Å². The second kappa shape index (κ2) is 8.04. The van der Waals surface area contributed by atoms with Crippen LogP contribution in [0.5, 0.6) is 5.75 Å². The zero-order chi connectivity index (χ0) is 23.3. The second-order valence-corrected chi connectivity index (χ2v) is 8.22. The minimum atomic E-state index is -1.28. The smallest absolute Gasteiger partial charge is 0.337 e. The van der Waals surface area contributed by atoms with Gasteiger partial charge in [0.05, 0.1) is 21.3 Å². The van der Waals surface area contributed by atoms with Crippen LogP contribution in [0.15, 0.2) is 39.5 Å². The maximum atomic E-state index is 12.5. The number of benzene rings is 3. The molecule has 4 rings (SSSR count). The van der Waals surface area contributed by atoms with Crippen LogP contribution in [-0.4, -0.2) is 16.2 Å². The van der Waals surface area contributed by atoms with Gasteiger partial charge in [-0.3, -0.25) is 4.79 Å². The van der Waals surface area contributed by atoms with Gasteiger partial charge in [0.1, 0.15) is 17.1 Å². The molecule has 164 valence electrons. The Labute approximate surface area is 193 Å². The van der Waals surface area contributed by atoms with Gasteiger partial charge in [-0.1, -0.05) is 37.0 Å². The third-order valence-electron chi connectivity index (χ3n) is 5.60. The number of halogens is 2. The molecule has 0 bridgehead atoms. The lowest BCUT2D eigenvalue weighted by atomic mass is 9.88. The summed E-state index contributed by atoms with van der Waals surface area (Å²) < 4.78 is 5.96. The fourth-order valence-electron chi connectivity index (χ4n) is 3.93. The minimum Gasteiger partial charge on any atom is -0.508 e. The first-order chi connectivity index (χ1) is 15.2. The van der Waals surface area contributed by atoms with Crippen molar-refractivity contribution < 1.29 is 19.4 Å². The van der Waals surface area contributed by atoms with Crippen LogP contribution < -0.4 is 11.2 Å². The van der Waals surface area contributed by atoms with Gasteiger partial charge < -0.3 is 20.4 Å². The van der Waals surface area contributed by atoms with E-state index in [1.54, 1.807) is 12.1 Å². The maximum Gasteiger partial charge on any atom is 0.337 e.